The minimum atomic E-state index is -0.227. The van der Waals surface area contributed by atoms with Gasteiger partial charge in [-0.1, -0.05) is 60.7 Å². The summed E-state index contributed by atoms with van der Waals surface area (Å²) in [6.45, 7) is 1.60. The first-order valence-electron chi connectivity index (χ1n) is 10.1. The topological polar surface area (TPSA) is 65.4 Å². The van der Waals surface area contributed by atoms with E-state index < -0.39 is 0 Å². The Balaban J connectivity index is 1.46. The molecule has 6 heteroatoms. The summed E-state index contributed by atoms with van der Waals surface area (Å²) in [5, 5.41) is 7.69. The van der Waals surface area contributed by atoms with Crippen LogP contribution in [-0.4, -0.2) is 28.9 Å². The monoisotopic (exact) mass is 411 g/mol. The van der Waals surface area contributed by atoms with Gasteiger partial charge in [0.05, 0.1) is 12.1 Å². The van der Waals surface area contributed by atoms with Crippen molar-refractivity contribution in [3.63, 3.8) is 0 Å². The summed E-state index contributed by atoms with van der Waals surface area (Å²) in [5.41, 5.74) is 3.80. The summed E-state index contributed by atoms with van der Waals surface area (Å²) < 4.78 is 13.0. The van der Waals surface area contributed by atoms with Crippen LogP contribution in [-0.2, 0) is 6.54 Å². The molecule has 1 aliphatic rings. The molecule has 1 amide bonds. The van der Waals surface area contributed by atoms with Crippen molar-refractivity contribution in [1.82, 2.24) is 9.78 Å². The molecule has 0 radical (unpaired) electrons. The van der Waals surface area contributed by atoms with Crippen molar-refractivity contribution in [3.05, 3.63) is 96.2 Å². The number of nitrogens with one attached hydrogen (secondary N) is 1. The normalized spacial score (nSPS) is 12.4. The molecule has 6 nitrogen and oxygen atoms in total. The lowest BCUT2D eigenvalue weighted by Crippen LogP contribution is -2.16. The quantitative estimate of drug-likeness (QED) is 0.520. The third kappa shape index (κ3) is 4.14. The van der Waals surface area contributed by atoms with Crippen molar-refractivity contribution in [3.8, 4) is 22.8 Å². The number of carbonyl (C=O) groups excluding carboxylic acids is 1. The minimum absolute atomic E-state index is 0.227. The van der Waals surface area contributed by atoms with E-state index in [-0.39, 0.29) is 5.91 Å². The lowest BCUT2D eigenvalue weighted by Gasteiger charge is -2.19. The predicted octanol–water partition coefficient (Wildman–Crippen LogP) is 4.62. The number of fused-ring (bicyclic) bond motifs is 1. The molecule has 31 heavy (non-hydrogen) atoms. The summed E-state index contributed by atoms with van der Waals surface area (Å²) >= 11 is 0. The van der Waals surface area contributed by atoms with Crippen molar-refractivity contribution in [2.75, 3.05) is 18.5 Å². The Morgan fingerprint density at radius 2 is 1.61 bits per heavy atom. The molecule has 0 fully saturated rings. The van der Waals surface area contributed by atoms with Crippen molar-refractivity contribution in [2.24, 2.45) is 0 Å². The second-order valence-electron chi connectivity index (χ2n) is 7.25. The first-order chi connectivity index (χ1) is 15.3. The molecule has 0 aliphatic carbocycles. The fourth-order valence-corrected chi connectivity index (χ4v) is 3.57. The molecule has 5 rings (SSSR count). The fraction of sp³-hybridized carbons (Fsp3) is 0.120. The molecule has 0 unspecified atom stereocenters. The van der Waals surface area contributed by atoms with Crippen molar-refractivity contribution < 1.29 is 14.3 Å². The van der Waals surface area contributed by atoms with Crippen LogP contribution in [0.1, 0.15) is 15.9 Å². The van der Waals surface area contributed by atoms with Crippen LogP contribution in [0.5, 0.6) is 11.5 Å². The maximum absolute atomic E-state index is 13.2. The van der Waals surface area contributed by atoms with E-state index in [1.165, 1.54) is 0 Å². The zero-order valence-electron chi connectivity index (χ0n) is 16.8. The summed E-state index contributed by atoms with van der Waals surface area (Å²) in [6, 6.07) is 25.2. The van der Waals surface area contributed by atoms with E-state index in [1.807, 2.05) is 66.7 Å². The van der Waals surface area contributed by atoms with Crippen LogP contribution < -0.4 is 14.8 Å². The van der Waals surface area contributed by atoms with E-state index in [2.05, 4.69) is 5.32 Å². The number of hydrogen-bond donors (Lipinski definition) is 1. The Hall–Kier alpha value is -4.06. The minimum Gasteiger partial charge on any atom is -0.486 e. The van der Waals surface area contributed by atoms with E-state index >= 15 is 0 Å². The number of ether oxygens (including phenoxy) is 2. The highest BCUT2D eigenvalue weighted by atomic mass is 16.6. The molecular weight excluding hydrogens is 390 g/mol. The standard InChI is InChI=1S/C25H21N3O3/c29-25(26-20-11-12-22-23(15-20)31-14-13-30-22)21-17-28(16-18-7-3-1-4-8-18)27-24(21)19-9-5-2-6-10-19/h1-12,15,17H,13-14,16H2,(H,26,29). The van der Waals surface area contributed by atoms with Gasteiger partial charge in [-0.3, -0.25) is 9.48 Å². The lowest BCUT2D eigenvalue weighted by molar-refractivity contribution is 0.102. The van der Waals surface area contributed by atoms with Gasteiger partial charge in [0.2, 0.25) is 0 Å². The van der Waals surface area contributed by atoms with Crippen molar-refractivity contribution >= 4 is 11.6 Å². The molecule has 4 aromatic rings. The Bertz CT molecular complexity index is 1200. The molecule has 1 N–H and O–H groups in total. The second-order valence-corrected chi connectivity index (χ2v) is 7.25. The molecule has 0 saturated heterocycles. The zero-order chi connectivity index (χ0) is 21.0. The summed E-state index contributed by atoms with van der Waals surface area (Å²) in [7, 11) is 0. The molecule has 1 aromatic heterocycles. The highest BCUT2D eigenvalue weighted by Crippen LogP contribution is 2.33. The number of nitrogens with zero attached hydrogens (tertiary/aromatic N) is 2. The summed E-state index contributed by atoms with van der Waals surface area (Å²) in [6.07, 6.45) is 1.79. The molecule has 0 saturated carbocycles. The van der Waals surface area contributed by atoms with Crippen LogP contribution in [0.2, 0.25) is 0 Å². The van der Waals surface area contributed by atoms with Gasteiger partial charge in [0.15, 0.2) is 11.5 Å². The van der Waals surface area contributed by atoms with Crippen molar-refractivity contribution in [2.45, 2.75) is 6.54 Å². The molecule has 3 aromatic carbocycles. The number of amides is 1. The first-order valence-corrected chi connectivity index (χ1v) is 10.1. The van der Waals surface area contributed by atoms with Crippen LogP contribution in [0.3, 0.4) is 0 Å². The van der Waals surface area contributed by atoms with Gasteiger partial charge in [0, 0.05) is 23.5 Å². The molecule has 154 valence electrons. The van der Waals surface area contributed by atoms with Gasteiger partial charge >= 0.3 is 0 Å². The van der Waals surface area contributed by atoms with Gasteiger partial charge in [0.25, 0.3) is 5.91 Å². The summed E-state index contributed by atoms with van der Waals surface area (Å²) in [4.78, 5) is 13.2. The van der Waals surface area contributed by atoms with Crippen LogP contribution in [0.4, 0.5) is 5.69 Å². The van der Waals surface area contributed by atoms with Gasteiger partial charge in [-0.25, -0.2) is 0 Å². The molecular formula is C25H21N3O3. The van der Waals surface area contributed by atoms with Gasteiger partial charge < -0.3 is 14.8 Å². The third-order valence-electron chi connectivity index (χ3n) is 5.04. The van der Waals surface area contributed by atoms with Gasteiger partial charge in [-0.15, -0.1) is 0 Å². The third-order valence-corrected chi connectivity index (χ3v) is 5.04. The Labute approximate surface area is 180 Å². The fourth-order valence-electron chi connectivity index (χ4n) is 3.57. The number of aromatic nitrogens is 2. The zero-order valence-corrected chi connectivity index (χ0v) is 16.8. The molecule has 1 aliphatic heterocycles. The maximum atomic E-state index is 13.2. The predicted molar refractivity (Wildman–Crippen MR) is 119 cm³/mol. The van der Waals surface area contributed by atoms with E-state index in [1.54, 1.807) is 23.0 Å². The van der Waals surface area contributed by atoms with E-state index in [4.69, 9.17) is 14.6 Å². The van der Waals surface area contributed by atoms with E-state index in [0.29, 0.717) is 48.2 Å². The van der Waals surface area contributed by atoms with Crippen LogP contribution in [0.25, 0.3) is 11.3 Å². The number of hydrogen-bond acceptors (Lipinski definition) is 4. The van der Waals surface area contributed by atoms with Gasteiger partial charge in [-0.2, -0.15) is 5.10 Å². The molecule has 2 heterocycles. The number of benzene rings is 3. The Kier molecular flexibility index (Phi) is 5.10. The van der Waals surface area contributed by atoms with Crippen molar-refractivity contribution in [1.29, 1.82) is 0 Å². The highest BCUT2D eigenvalue weighted by molar-refractivity contribution is 6.08. The van der Waals surface area contributed by atoms with Gasteiger partial charge in [0.1, 0.15) is 18.9 Å². The van der Waals surface area contributed by atoms with Crippen LogP contribution in [0.15, 0.2) is 85.1 Å². The molecule has 0 bridgehead atoms. The summed E-state index contributed by atoms with van der Waals surface area (Å²) in [5.74, 6) is 1.09. The van der Waals surface area contributed by atoms with Crippen LogP contribution in [0, 0.1) is 0 Å². The molecule has 0 atom stereocenters. The second kappa shape index (κ2) is 8.36. The van der Waals surface area contributed by atoms with E-state index in [9.17, 15) is 4.79 Å². The number of carbonyl (C=O) groups is 1. The average molecular weight is 411 g/mol. The number of anilines is 1. The SMILES string of the molecule is O=C(Nc1ccc2c(c1)OCCO2)c1cn(Cc2ccccc2)nc1-c1ccccc1. The Morgan fingerprint density at radius 1 is 0.903 bits per heavy atom. The smallest absolute Gasteiger partial charge is 0.259 e. The number of rotatable bonds is 5. The average Bonchev–Trinajstić information content (AvgIpc) is 3.24. The largest absolute Gasteiger partial charge is 0.486 e. The Morgan fingerprint density at radius 3 is 2.39 bits per heavy atom. The highest BCUT2D eigenvalue weighted by Gasteiger charge is 2.19. The van der Waals surface area contributed by atoms with E-state index in [0.717, 1.165) is 11.1 Å². The molecule has 0 spiro atoms. The van der Waals surface area contributed by atoms with Crippen LogP contribution >= 0.6 is 0 Å². The van der Waals surface area contributed by atoms with Gasteiger partial charge in [-0.05, 0) is 17.7 Å². The first kappa shape index (κ1) is 18.9. The maximum Gasteiger partial charge on any atom is 0.259 e. The lowest BCUT2D eigenvalue weighted by atomic mass is 10.1.